The first-order valence-electron chi connectivity index (χ1n) is 6.96. The van der Waals surface area contributed by atoms with Gasteiger partial charge in [0.2, 0.25) is 0 Å². The number of ketones is 1. The Morgan fingerprint density at radius 2 is 1.61 bits per heavy atom. The van der Waals surface area contributed by atoms with Crippen LogP contribution in [0.2, 0.25) is 0 Å². The summed E-state index contributed by atoms with van der Waals surface area (Å²) in [4.78, 5) is 24.8. The molecule has 0 saturated carbocycles. The first-order valence-corrected chi connectivity index (χ1v) is 6.96. The number of hydrogen-bond donors (Lipinski definition) is 1. The molecule has 0 atom stereocenters. The highest BCUT2D eigenvalue weighted by molar-refractivity contribution is 6.06. The van der Waals surface area contributed by atoms with E-state index >= 15 is 0 Å². The fraction of sp³-hybridized carbons (Fsp3) is 0.111. The van der Waals surface area contributed by atoms with Gasteiger partial charge in [-0.25, -0.2) is 4.79 Å². The zero-order valence-electron chi connectivity index (χ0n) is 12.9. The molecule has 0 heterocycles. The first kappa shape index (κ1) is 16.3. The van der Waals surface area contributed by atoms with Crippen molar-refractivity contribution in [1.82, 2.24) is 4.90 Å². The van der Waals surface area contributed by atoms with Crippen LogP contribution in [-0.4, -0.2) is 36.0 Å². The minimum absolute atomic E-state index is 0.163. The SMILES string of the molecule is CN(C)C(=O)Oc1ccc(C(=O)/C=C/c2ccc(O)cc2)cc1. The number of allylic oxidation sites excluding steroid dienone is 1. The van der Waals surface area contributed by atoms with Crippen LogP contribution in [0.3, 0.4) is 0 Å². The van der Waals surface area contributed by atoms with Crippen molar-refractivity contribution in [2.45, 2.75) is 0 Å². The Labute approximate surface area is 134 Å². The largest absolute Gasteiger partial charge is 0.508 e. The van der Waals surface area contributed by atoms with Gasteiger partial charge in [-0.1, -0.05) is 18.2 Å². The molecule has 2 rings (SSSR count). The van der Waals surface area contributed by atoms with E-state index in [0.29, 0.717) is 11.3 Å². The molecule has 2 aromatic rings. The standard InChI is InChI=1S/C18H17NO4/c1-19(2)18(22)23-16-10-6-14(7-11-16)17(21)12-5-13-3-8-15(20)9-4-13/h3-12,20H,1-2H3/b12-5+. The summed E-state index contributed by atoms with van der Waals surface area (Å²) in [6.45, 7) is 0. The normalized spacial score (nSPS) is 10.5. The minimum Gasteiger partial charge on any atom is -0.508 e. The van der Waals surface area contributed by atoms with Gasteiger partial charge in [0.05, 0.1) is 0 Å². The van der Waals surface area contributed by atoms with Crippen molar-refractivity contribution in [3.63, 3.8) is 0 Å². The molecule has 0 radical (unpaired) electrons. The van der Waals surface area contributed by atoms with Gasteiger partial charge in [0.1, 0.15) is 11.5 Å². The highest BCUT2D eigenvalue weighted by Gasteiger charge is 2.07. The third-order valence-corrected chi connectivity index (χ3v) is 3.03. The molecule has 118 valence electrons. The van der Waals surface area contributed by atoms with Crippen LogP contribution < -0.4 is 4.74 Å². The van der Waals surface area contributed by atoms with Gasteiger partial charge < -0.3 is 14.7 Å². The van der Waals surface area contributed by atoms with Crippen molar-refractivity contribution in [2.75, 3.05) is 14.1 Å². The minimum atomic E-state index is -0.476. The van der Waals surface area contributed by atoms with E-state index in [0.717, 1.165) is 5.56 Å². The number of phenolic OH excluding ortho intramolecular Hbond substituents is 1. The number of carbonyl (C=O) groups is 2. The molecule has 0 aromatic heterocycles. The molecule has 23 heavy (non-hydrogen) atoms. The maximum atomic E-state index is 12.1. The molecular weight excluding hydrogens is 294 g/mol. The lowest BCUT2D eigenvalue weighted by atomic mass is 10.1. The Morgan fingerprint density at radius 1 is 1.00 bits per heavy atom. The summed E-state index contributed by atoms with van der Waals surface area (Å²) in [5, 5.41) is 9.20. The van der Waals surface area contributed by atoms with Crippen LogP contribution in [0.15, 0.2) is 54.6 Å². The summed E-state index contributed by atoms with van der Waals surface area (Å²) in [7, 11) is 3.18. The van der Waals surface area contributed by atoms with Crippen LogP contribution in [0.25, 0.3) is 6.08 Å². The van der Waals surface area contributed by atoms with Crippen LogP contribution in [0, 0.1) is 0 Å². The van der Waals surface area contributed by atoms with Crippen LogP contribution in [-0.2, 0) is 0 Å². The zero-order valence-corrected chi connectivity index (χ0v) is 12.9. The van der Waals surface area contributed by atoms with Crippen molar-refractivity contribution in [3.05, 3.63) is 65.7 Å². The van der Waals surface area contributed by atoms with Crippen molar-refractivity contribution >= 4 is 18.0 Å². The molecule has 0 aliphatic rings. The maximum absolute atomic E-state index is 12.1. The fourth-order valence-corrected chi connectivity index (χ4v) is 1.73. The van der Waals surface area contributed by atoms with E-state index in [1.165, 1.54) is 11.0 Å². The molecule has 0 spiro atoms. The number of hydrogen-bond acceptors (Lipinski definition) is 4. The number of ether oxygens (including phenoxy) is 1. The lowest BCUT2D eigenvalue weighted by molar-refractivity contribution is 0.104. The highest BCUT2D eigenvalue weighted by atomic mass is 16.6. The summed E-state index contributed by atoms with van der Waals surface area (Å²) in [6, 6.07) is 12.9. The number of phenols is 1. The fourth-order valence-electron chi connectivity index (χ4n) is 1.73. The Balaban J connectivity index is 2.02. The van der Waals surface area contributed by atoms with E-state index in [2.05, 4.69) is 0 Å². The second-order valence-corrected chi connectivity index (χ2v) is 5.08. The van der Waals surface area contributed by atoms with E-state index in [1.54, 1.807) is 68.7 Å². The number of benzene rings is 2. The topological polar surface area (TPSA) is 66.8 Å². The van der Waals surface area contributed by atoms with Gasteiger partial charge in [0.15, 0.2) is 5.78 Å². The van der Waals surface area contributed by atoms with Crippen molar-refractivity contribution < 1.29 is 19.4 Å². The van der Waals surface area contributed by atoms with Gasteiger partial charge in [-0.2, -0.15) is 0 Å². The van der Waals surface area contributed by atoms with Crippen molar-refractivity contribution in [3.8, 4) is 11.5 Å². The van der Waals surface area contributed by atoms with E-state index in [-0.39, 0.29) is 11.5 Å². The van der Waals surface area contributed by atoms with E-state index < -0.39 is 6.09 Å². The van der Waals surface area contributed by atoms with Gasteiger partial charge in [-0.05, 0) is 48.0 Å². The third-order valence-electron chi connectivity index (χ3n) is 3.03. The van der Waals surface area contributed by atoms with Gasteiger partial charge in [-0.15, -0.1) is 0 Å². The monoisotopic (exact) mass is 311 g/mol. The maximum Gasteiger partial charge on any atom is 0.414 e. The predicted octanol–water partition coefficient (Wildman–Crippen LogP) is 3.35. The lowest BCUT2D eigenvalue weighted by Crippen LogP contribution is -2.25. The van der Waals surface area contributed by atoms with E-state index in [9.17, 15) is 14.7 Å². The summed E-state index contributed by atoms with van der Waals surface area (Å²) in [6.07, 6.45) is 2.64. The Hall–Kier alpha value is -3.08. The summed E-state index contributed by atoms with van der Waals surface area (Å²) < 4.78 is 5.09. The highest BCUT2D eigenvalue weighted by Crippen LogP contribution is 2.15. The van der Waals surface area contributed by atoms with Crippen LogP contribution in [0.1, 0.15) is 15.9 Å². The molecule has 0 aliphatic carbocycles. The molecule has 0 fully saturated rings. The smallest absolute Gasteiger partial charge is 0.414 e. The van der Waals surface area contributed by atoms with E-state index in [1.807, 2.05) is 0 Å². The lowest BCUT2D eigenvalue weighted by Gasteiger charge is -2.10. The number of nitrogens with zero attached hydrogens (tertiary/aromatic N) is 1. The second-order valence-electron chi connectivity index (χ2n) is 5.08. The van der Waals surface area contributed by atoms with Gasteiger partial charge in [-0.3, -0.25) is 4.79 Å². The van der Waals surface area contributed by atoms with Crippen molar-refractivity contribution in [1.29, 1.82) is 0 Å². The Morgan fingerprint density at radius 3 is 2.17 bits per heavy atom. The Bertz CT molecular complexity index is 716. The third kappa shape index (κ3) is 4.71. The average Bonchev–Trinajstić information content (AvgIpc) is 2.54. The van der Waals surface area contributed by atoms with Crippen LogP contribution in [0.5, 0.6) is 11.5 Å². The number of amides is 1. The Kier molecular flexibility index (Phi) is 5.15. The second kappa shape index (κ2) is 7.26. The average molecular weight is 311 g/mol. The molecule has 0 aliphatic heterocycles. The molecule has 0 unspecified atom stereocenters. The predicted molar refractivity (Wildman–Crippen MR) is 87.6 cm³/mol. The van der Waals surface area contributed by atoms with Gasteiger partial charge in [0.25, 0.3) is 0 Å². The molecule has 0 saturated heterocycles. The summed E-state index contributed by atoms with van der Waals surface area (Å²) >= 11 is 0. The van der Waals surface area contributed by atoms with Crippen molar-refractivity contribution in [2.24, 2.45) is 0 Å². The number of aromatic hydroxyl groups is 1. The molecule has 1 N–H and O–H groups in total. The summed E-state index contributed by atoms with van der Waals surface area (Å²) in [5.74, 6) is 0.391. The van der Waals surface area contributed by atoms with Gasteiger partial charge in [0, 0.05) is 19.7 Å². The van der Waals surface area contributed by atoms with Crippen LogP contribution >= 0.6 is 0 Å². The summed E-state index contributed by atoms with van der Waals surface area (Å²) in [5.41, 5.74) is 1.30. The number of rotatable bonds is 4. The molecule has 0 bridgehead atoms. The molecular formula is C18H17NO4. The quantitative estimate of drug-likeness (QED) is 0.694. The van der Waals surface area contributed by atoms with Crippen LogP contribution in [0.4, 0.5) is 4.79 Å². The molecule has 1 amide bonds. The van der Waals surface area contributed by atoms with E-state index in [4.69, 9.17) is 4.74 Å². The molecule has 5 nitrogen and oxygen atoms in total. The first-order chi connectivity index (χ1) is 11.0. The number of carbonyl (C=O) groups excluding carboxylic acids is 2. The van der Waals surface area contributed by atoms with Gasteiger partial charge >= 0.3 is 6.09 Å². The zero-order chi connectivity index (χ0) is 16.8. The molecule has 5 heteroatoms. The molecule has 2 aromatic carbocycles.